The summed E-state index contributed by atoms with van der Waals surface area (Å²) < 4.78 is 27.9. The van der Waals surface area contributed by atoms with E-state index in [1.54, 1.807) is 35.2 Å². The molecule has 12 heteroatoms. The number of hydrogen-bond donors (Lipinski definition) is 4. The summed E-state index contributed by atoms with van der Waals surface area (Å²) in [6, 6.07) is 7.07. The Morgan fingerprint density at radius 2 is 1.92 bits per heavy atom. The monoisotopic (exact) mass is 520 g/mol. The number of nitrogens with two attached hydrogens (primary N) is 1. The second-order valence-corrected chi connectivity index (χ2v) is 11.3. The van der Waals surface area contributed by atoms with Gasteiger partial charge in [-0.1, -0.05) is 30.3 Å². The van der Waals surface area contributed by atoms with Crippen LogP contribution in [0.4, 0.5) is 0 Å². The zero-order valence-corrected chi connectivity index (χ0v) is 21.2. The average molecular weight is 521 g/mol. The number of amides is 2. The Labute approximate surface area is 212 Å². The van der Waals surface area contributed by atoms with Gasteiger partial charge in [0.2, 0.25) is 21.8 Å². The molecule has 2 fully saturated rings. The van der Waals surface area contributed by atoms with Gasteiger partial charge in [-0.25, -0.2) is 13.1 Å². The van der Waals surface area contributed by atoms with Crippen molar-refractivity contribution in [3.63, 3.8) is 0 Å². The van der Waals surface area contributed by atoms with E-state index in [0.717, 1.165) is 12.8 Å². The molecule has 36 heavy (non-hydrogen) atoms. The molecule has 2 aliphatic heterocycles. The Hall–Kier alpha value is -2.99. The van der Waals surface area contributed by atoms with Gasteiger partial charge >= 0.3 is 0 Å². The molecule has 3 rings (SSSR count). The fourth-order valence-corrected chi connectivity index (χ4v) is 6.20. The molecule has 1 aromatic carbocycles. The van der Waals surface area contributed by atoms with Crippen LogP contribution in [0.5, 0.6) is 0 Å². The van der Waals surface area contributed by atoms with Crippen molar-refractivity contribution in [2.45, 2.75) is 56.4 Å². The highest BCUT2D eigenvalue weighted by Gasteiger charge is 2.32. The third-order valence-corrected chi connectivity index (χ3v) is 7.95. The van der Waals surface area contributed by atoms with Crippen molar-refractivity contribution < 1.29 is 22.8 Å². The van der Waals surface area contributed by atoms with Crippen LogP contribution >= 0.6 is 0 Å². The number of hydrogen-bond acceptors (Lipinski definition) is 6. The maximum atomic E-state index is 13.1. The summed E-state index contributed by atoms with van der Waals surface area (Å²) in [5, 5.41) is 10.3. The molecule has 3 atom stereocenters. The Bertz CT molecular complexity index is 1030. The van der Waals surface area contributed by atoms with Crippen LogP contribution in [0.15, 0.2) is 30.3 Å². The van der Waals surface area contributed by atoms with Gasteiger partial charge in [0.15, 0.2) is 5.96 Å². The maximum absolute atomic E-state index is 13.1. The van der Waals surface area contributed by atoms with Gasteiger partial charge < -0.3 is 25.6 Å². The lowest BCUT2D eigenvalue weighted by molar-refractivity contribution is -0.137. The van der Waals surface area contributed by atoms with Gasteiger partial charge in [-0.3, -0.25) is 15.0 Å². The zero-order chi connectivity index (χ0) is 26.1. The largest absolute Gasteiger partial charge is 0.370 e. The maximum Gasteiger partial charge on any atom is 0.241 e. The molecule has 2 aliphatic rings. The molecule has 1 aromatic rings. The molecule has 5 N–H and O–H groups in total. The lowest BCUT2D eigenvalue weighted by Crippen LogP contribution is -2.51. The molecule has 2 heterocycles. The highest BCUT2D eigenvalue weighted by Crippen LogP contribution is 2.20. The molecule has 11 nitrogen and oxygen atoms in total. The van der Waals surface area contributed by atoms with Crippen LogP contribution in [0.1, 0.15) is 44.1 Å². The molecule has 0 unspecified atom stereocenters. The number of nitrogens with one attached hydrogen (secondary N) is 3. The summed E-state index contributed by atoms with van der Waals surface area (Å²) in [6.45, 7) is 1.36. The summed E-state index contributed by atoms with van der Waals surface area (Å²) >= 11 is 0. The lowest BCUT2D eigenvalue weighted by Gasteiger charge is -2.34. The smallest absolute Gasteiger partial charge is 0.241 e. The minimum absolute atomic E-state index is 0.0000102. The summed E-state index contributed by atoms with van der Waals surface area (Å²) in [5.41, 5.74) is 6.20. The Morgan fingerprint density at radius 3 is 2.61 bits per heavy atom. The molecular formula is C24H36N6O5S. The van der Waals surface area contributed by atoms with Crippen LogP contribution in [0.3, 0.4) is 0 Å². The molecule has 198 valence electrons. The third kappa shape index (κ3) is 8.30. The zero-order valence-electron chi connectivity index (χ0n) is 20.4. The van der Waals surface area contributed by atoms with Crippen LogP contribution in [0.2, 0.25) is 0 Å². The van der Waals surface area contributed by atoms with E-state index in [4.69, 9.17) is 11.1 Å². The minimum Gasteiger partial charge on any atom is -0.370 e. The van der Waals surface area contributed by atoms with Crippen molar-refractivity contribution in [1.29, 1.82) is 5.41 Å². The molecule has 0 aliphatic carbocycles. The van der Waals surface area contributed by atoms with E-state index >= 15 is 0 Å². The quantitative estimate of drug-likeness (QED) is 0.194. The van der Waals surface area contributed by atoms with E-state index in [1.165, 1.54) is 4.90 Å². The van der Waals surface area contributed by atoms with Gasteiger partial charge in [-0.05, 0) is 50.0 Å². The molecule has 0 aromatic heterocycles. The minimum atomic E-state index is -3.76. The van der Waals surface area contributed by atoms with Crippen molar-refractivity contribution in [3.05, 3.63) is 35.9 Å². The highest BCUT2D eigenvalue weighted by atomic mass is 32.2. The Morgan fingerprint density at radius 1 is 1.17 bits per heavy atom. The third-order valence-electron chi connectivity index (χ3n) is 6.59. The first-order valence-electron chi connectivity index (χ1n) is 12.3. The van der Waals surface area contributed by atoms with E-state index in [2.05, 4.69) is 10.0 Å². The molecule has 2 saturated heterocycles. The fourth-order valence-electron chi connectivity index (χ4n) is 4.83. The number of sulfonamides is 1. The Kier molecular flexibility index (Phi) is 9.82. The van der Waals surface area contributed by atoms with Crippen LogP contribution in [0.25, 0.3) is 0 Å². The number of benzene rings is 1. The summed E-state index contributed by atoms with van der Waals surface area (Å²) in [6.07, 6.45) is 4.50. The van der Waals surface area contributed by atoms with E-state index in [-0.39, 0.29) is 24.2 Å². The predicted molar refractivity (Wildman–Crippen MR) is 135 cm³/mol. The number of nitrogens with zero attached hydrogens (tertiary/aromatic N) is 2. The van der Waals surface area contributed by atoms with Crippen LogP contribution < -0.4 is 15.8 Å². The first kappa shape index (κ1) is 27.6. The number of carbonyl (C=O) groups is 3. The van der Waals surface area contributed by atoms with Crippen LogP contribution in [-0.4, -0.2) is 80.5 Å². The van der Waals surface area contributed by atoms with Gasteiger partial charge in [-0.2, -0.15) is 0 Å². The Balaban J connectivity index is 1.55. The first-order chi connectivity index (χ1) is 17.2. The van der Waals surface area contributed by atoms with Crippen LogP contribution in [-0.2, 0) is 30.2 Å². The molecule has 0 spiro atoms. The second-order valence-electron chi connectivity index (χ2n) is 9.56. The van der Waals surface area contributed by atoms with Crippen molar-refractivity contribution >= 4 is 34.1 Å². The molecular weight excluding hydrogens is 484 g/mol. The number of rotatable bonds is 10. The lowest BCUT2D eigenvalue weighted by atomic mass is 9.92. The number of carbonyl (C=O) groups excluding carboxylic acids is 3. The van der Waals surface area contributed by atoms with Crippen molar-refractivity contribution in [3.8, 4) is 0 Å². The normalized spacial score (nSPS) is 21.9. The predicted octanol–water partition coefficient (Wildman–Crippen LogP) is 0.166. The van der Waals surface area contributed by atoms with Gasteiger partial charge in [0.05, 0.1) is 18.3 Å². The fraction of sp³-hybridized carbons (Fsp3) is 0.583. The molecule has 0 bridgehead atoms. The summed E-state index contributed by atoms with van der Waals surface area (Å²) in [7, 11) is -3.76. The second kappa shape index (κ2) is 12.8. The standard InChI is InChI=1S/C24H36N6O5S/c25-24(26)30-12-6-9-19(14-30)13-20(16-31)27-22(32)15-29-11-5-4-10-21(23(29)33)28-36(34,35)17-18-7-2-1-3-8-18/h1-3,7-8,16,19-21,28H,4-6,9-15,17H2,(H3,25,26)(H,27,32)/t19-,20-,21-/m0/s1. The summed E-state index contributed by atoms with van der Waals surface area (Å²) in [4.78, 5) is 40.6. The SMILES string of the molecule is N=C(N)N1CCC[C@@H](C[C@@H](C=O)NC(=O)CN2CCCC[C@H](NS(=O)(=O)Cc3ccccc3)C2=O)C1. The number of likely N-dealkylation sites (tertiary alicyclic amines) is 2. The molecule has 0 radical (unpaired) electrons. The van der Waals surface area contributed by atoms with E-state index in [9.17, 15) is 22.8 Å². The number of aldehydes is 1. The topological polar surface area (TPSA) is 166 Å². The average Bonchev–Trinajstić information content (AvgIpc) is 3.00. The van der Waals surface area contributed by atoms with Crippen molar-refractivity contribution in [2.24, 2.45) is 11.7 Å². The first-order valence-corrected chi connectivity index (χ1v) is 14.0. The number of piperidine rings is 1. The van der Waals surface area contributed by atoms with Gasteiger partial charge in [-0.15, -0.1) is 0 Å². The number of guanidine groups is 1. The van der Waals surface area contributed by atoms with E-state index in [0.29, 0.717) is 57.2 Å². The van der Waals surface area contributed by atoms with Crippen molar-refractivity contribution in [2.75, 3.05) is 26.2 Å². The van der Waals surface area contributed by atoms with Crippen molar-refractivity contribution in [1.82, 2.24) is 19.8 Å². The molecule has 2 amide bonds. The summed E-state index contributed by atoms with van der Waals surface area (Å²) in [5.74, 6) is -1.03. The van der Waals surface area contributed by atoms with E-state index in [1.807, 2.05) is 0 Å². The van der Waals surface area contributed by atoms with Gasteiger partial charge in [0.1, 0.15) is 12.3 Å². The van der Waals surface area contributed by atoms with E-state index < -0.39 is 33.9 Å². The highest BCUT2D eigenvalue weighted by molar-refractivity contribution is 7.88. The molecule has 0 saturated carbocycles. The van der Waals surface area contributed by atoms with Gasteiger partial charge in [0.25, 0.3) is 0 Å². The van der Waals surface area contributed by atoms with Gasteiger partial charge in [0, 0.05) is 19.6 Å². The van der Waals surface area contributed by atoms with Crippen LogP contribution in [0, 0.1) is 11.3 Å².